The molecule has 0 saturated carbocycles. The van der Waals surface area contributed by atoms with Crippen molar-refractivity contribution in [1.82, 2.24) is 5.32 Å². The summed E-state index contributed by atoms with van der Waals surface area (Å²) in [6.07, 6.45) is 1.23. The summed E-state index contributed by atoms with van der Waals surface area (Å²) in [7, 11) is 0. The minimum absolute atomic E-state index is 0. The second-order valence-electron chi connectivity index (χ2n) is 6.20. The Balaban J connectivity index is 0.00000169. The molecule has 0 spiro atoms. The van der Waals surface area contributed by atoms with Crippen molar-refractivity contribution in [3.63, 3.8) is 0 Å². The average molecular weight is 417 g/mol. The van der Waals surface area contributed by atoms with Gasteiger partial charge in [0.2, 0.25) is 5.91 Å². The van der Waals surface area contributed by atoms with Gasteiger partial charge in [0.05, 0.1) is 0 Å². The summed E-state index contributed by atoms with van der Waals surface area (Å²) in [5, 5.41) is 3.83. The van der Waals surface area contributed by atoms with E-state index < -0.39 is 0 Å². The van der Waals surface area contributed by atoms with Gasteiger partial charge in [-0.2, -0.15) is 0 Å². The molecule has 0 bridgehead atoms. The second kappa shape index (κ2) is 10.6. The number of nitrogens with zero attached hydrogens (tertiary/aromatic N) is 1. The number of carbonyl (C=O) groups excluding carboxylic acids is 1. The maximum absolute atomic E-state index is 12.2. The Bertz CT molecular complexity index is 699. The Morgan fingerprint density at radius 2 is 1.92 bits per heavy atom. The van der Waals surface area contributed by atoms with Crippen LogP contribution in [-0.2, 0) is 4.79 Å². The smallest absolute Gasteiger partial charge is 0.222 e. The molecule has 1 fully saturated rings. The van der Waals surface area contributed by atoms with Crippen LogP contribution in [0.25, 0.3) is 0 Å². The SMILES string of the molecule is Cl.Cl.NC(CC(=O)NC1CCN(c2cccc(Cl)c2)C1)c1ccccc1. The van der Waals surface area contributed by atoms with E-state index in [2.05, 4.69) is 10.2 Å². The fraction of sp³-hybridized carbons (Fsp3) is 0.316. The van der Waals surface area contributed by atoms with Gasteiger partial charge in [0.25, 0.3) is 0 Å². The molecule has 1 saturated heterocycles. The van der Waals surface area contributed by atoms with Crippen LogP contribution in [-0.4, -0.2) is 25.0 Å². The predicted molar refractivity (Wildman–Crippen MR) is 113 cm³/mol. The third kappa shape index (κ3) is 6.06. The summed E-state index contributed by atoms with van der Waals surface area (Å²) in [5.41, 5.74) is 8.20. The molecule has 1 heterocycles. The van der Waals surface area contributed by atoms with Crippen LogP contribution in [0.4, 0.5) is 5.69 Å². The third-order valence-electron chi connectivity index (χ3n) is 4.36. The van der Waals surface area contributed by atoms with Crippen molar-refractivity contribution in [3.8, 4) is 0 Å². The van der Waals surface area contributed by atoms with E-state index in [0.29, 0.717) is 6.42 Å². The lowest BCUT2D eigenvalue weighted by Gasteiger charge is -2.20. The average Bonchev–Trinajstić information content (AvgIpc) is 3.04. The van der Waals surface area contributed by atoms with Crippen molar-refractivity contribution in [3.05, 3.63) is 65.2 Å². The maximum atomic E-state index is 12.2. The van der Waals surface area contributed by atoms with E-state index in [1.54, 1.807) is 0 Å². The molecule has 2 aromatic carbocycles. The summed E-state index contributed by atoms with van der Waals surface area (Å²) >= 11 is 6.05. The van der Waals surface area contributed by atoms with Crippen molar-refractivity contribution in [1.29, 1.82) is 0 Å². The van der Waals surface area contributed by atoms with Crippen LogP contribution in [0.5, 0.6) is 0 Å². The summed E-state index contributed by atoms with van der Waals surface area (Å²) in [4.78, 5) is 14.5. The molecule has 7 heteroatoms. The van der Waals surface area contributed by atoms with Gasteiger partial charge in [0.1, 0.15) is 0 Å². The number of halogens is 3. The van der Waals surface area contributed by atoms with E-state index in [9.17, 15) is 4.79 Å². The third-order valence-corrected chi connectivity index (χ3v) is 4.59. The van der Waals surface area contributed by atoms with Gasteiger partial charge >= 0.3 is 0 Å². The van der Waals surface area contributed by atoms with Crippen LogP contribution >= 0.6 is 36.4 Å². The number of hydrogen-bond donors (Lipinski definition) is 2. The number of amides is 1. The maximum Gasteiger partial charge on any atom is 0.222 e. The Labute approximate surface area is 171 Å². The first-order valence-electron chi connectivity index (χ1n) is 8.22. The fourth-order valence-corrected chi connectivity index (χ4v) is 3.27. The number of hydrogen-bond acceptors (Lipinski definition) is 3. The predicted octanol–water partition coefficient (Wildman–Crippen LogP) is 3.97. The zero-order chi connectivity index (χ0) is 16.9. The first-order chi connectivity index (χ1) is 11.6. The molecule has 3 rings (SSSR count). The number of nitrogens with one attached hydrogen (secondary N) is 1. The van der Waals surface area contributed by atoms with Gasteiger partial charge in [-0.15, -0.1) is 24.8 Å². The van der Waals surface area contributed by atoms with Gasteiger partial charge in [-0.25, -0.2) is 0 Å². The highest BCUT2D eigenvalue weighted by Crippen LogP contribution is 2.23. The molecular weight excluding hydrogens is 393 g/mol. The molecule has 3 N–H and O–H groups in total. The summed E-state index contributed by atoms with van der Waals surface area (Å²) in [5.74, 6) is 0.00398. The number of benzene rings is 2. The lowest BCUT2D eigenvalue weighted by Crippen LogP contribution is -2.38. The van der Waals surface area contributed by atoms with Crippen molar-refractivity contribution in [2.75, 3.05) is 18.0 Å². The molecule has 26 heavy (non-hydrogen) atoms. The molecule has 0 radical (unpaired) electrons. The molecule has 1 aliphatic rings. The monoisotopic (exact) mass is 415 g/mol. The highest BCUT2D eigenvalue weighted by Gasteiger charge is 2.24. The molecule has 142 valence electrons. The normalized spacial score (nSPS) is 17.0. The van der Waals surface area contributed by atoms with Crippen molar-refractivity contribution < 1.29 is 4.79 Å². The van der Waals surface area contributed by atoms with Crippen LogP contribution in [0.1, 0.15) is 24.4 Å². The van der Waals surface area contributed by atoms with Gasteiger partial charge in [-0.05, 0) is 30.2 Å². The first-order valence-corrected chi connectivity index (χ1v) is 8.60. The quantitative estimate of drug-likeness (QED) is 0.775. The molecule has 2 atom stereocenters. The molecule has 1 amide bonds. The van der Waals surface area contributed by atoms with Gasteiger partial charge in [-0.1, -0.05) is 48.0 Å². The lowest BCUT2D eigenvalue weighted by atomic mass is 10.0. The van der Waals surface area contributed by atoms with E-state index in [1.807, 2.05) is 54.6 Å². The molecule has 0 aliphatic carbocycles. The minimum Gasteiger partial charge on any atom is -0.369 e. The van der Waals surface area contributed by atoms with Gasteiger partial charge in [0.15, 0.2) is 0 Å². The molecular formula is C19H24Cl3N3O. The van der Waals surface area contributed by atoms with E-state index in [0.717, 1.165) is 35.8 Å². The second-order valence-corrected chi connectivity index (χ2v) is 6.64. The van der Waals surface area contributed by atoms with Gasteiger partial charge < -0.3 is 16.0 Å². The zero-order valence-electron chi connectivity index (χ0n) is 14.3. The van der Waals surface area contributed by atoms with Crippen molar-refractivity contribution in [2.45, 2.75) is 24.9 Å². The van der Waals surface area contributed by atoms with Crippen LogP contribution in [0, 0.1) is 0 Å². The molecule has 4 nitrogen and oxygen atoms in total. The minimum atomic E-state index is -0.267. The van der Waals surface area contributed by atoms with Crippen LogP contribution in [0.15, 0.2) is 54.6 Å². The Kier molecular flexibility index (Phi) is 9.23. The molecule has 1 aliphatic heterocycles. The summed E-state index contributed by atoms with van der Waals surface area (Å²) in [6, 6.07) is 17.4. The van der Waals surface area contributed by atoms with E-state index >= 15 is 0 Å². The Morgan fingerprint density at radius 3 is 2.62 bits per heavy atom. The van der Waals surface area contributed by atoms with Crippen LogP contribution in [0.2, 0.25) is 5.02 Å². The Hall–Kier alpha value is -1.46. The number of anilines is 1. The van der Waals surface area contributed by atoms with Crippen molar-refractivity contribution in [2.24, 2.45) is 5.73 Å². The molecule has 0 aromatic heterocycles. The zero-order valence-corrected chi connectivity index (χ0v) is 16.7. The topological polar surface area (TPSA) is 58.4 Å². The number of carbonyl (C=O) groups is 1. The summed E-state index contributed by atoms with van der Waals surface area (Å²) < 4.78 is 0. The van der Waals surface area contributed by atoms with E-state index in [1.165, 1.54) is 0 Å². The standard InChI is InChI=1S/C19H22ClN3O.2ClH/c20-15-7-4-8-17(11-15)23-10-9-16(13-23)22-19(24)12-18(21)14-5-2-1-3-6-14;;/h1-8,11,16,18H,9-10,12-13,21H2,(H,22,24);2*1H. The molecule has 2 aromatic rings. The van der Waals surface area contributed by atoms with Crippen molar-refractivity contribution >= 4 is 48.0 Å². The Morgan fingerprint density at radius 1 is 1.19 bits per heavy atom. The van der Waals surface area contributed by atoms with Crippen LogP contribution in [0.3, 0.4) is 0 Å². The number of nitrogens with two attached hydrogens (primary N) is 1. The first kappa shape index (κ1) is 22.6. The van der Waals surface area contributed by atoms with Gasteiger partial charge in [0, 0.05) is 42.3 Å². The fourth-order valence-electron chi connectivity index (χ4n) is 3.09. The number of rotatable bonds is 5. The van der Waals surface area contributed by atoms with Crippen LogP contribution < -0.4 is 16.0 Å². The summed E-state index contributed by atoms with van der Waals surface area (Å²) in [6.45, 7) is 1.71. The van der Waals surface area contributed by atoms with E-state index in [4.69, 9.17) is 17.3 Å². The lowest BCUT2D eigenvalue weighted by molar-refractivity contribution is -0.122. The largest absolute Gasteiger partial charge is 0.369 e. The molecule has 2 unspecified atom stereocenters. The van der Waals surface area contributed by atoms with E-state index in [-0.39, 0.29) is 42.8 Å². The highest BCUT2D eigenvalue weighted by molar-refractivity contribution is 6.30. The highest BCUT2D eigenvalue weighted by atomic mass is 35.5. The van der Waals surface area contributed by atoms with Gasteiger partial charge in [-0.3, -0.25) is 4.79 Å².